The molecule has 1 aliphatic heterocycles. The molecule has 1 aliphatic rings. The lowest BCUT2D eigenvalue weighted by atomic mass is 10.2. The standard InChI is InChI=1S/C9H11ClN2O5/c10-6-7(15)4(3-13)17-8(6)12-2-1-5(14)11-9(12)16/h1-2,4,6-8,13,15H,3H2,(H,11,14,16)/t4-,6-,7-,8-/m0/s1. The molecule has 8 heteroatoms. The molecule has 0 aromatic carbocycles. The Morgan fingerprint density at radius 1 is 1.53 bits per heavy atom. The van der Waals surface area contributed by atoms with Crippen LogP contribution in [-0.2, 0) is 4.74 Å². The Bertz CT molecular complexity index is 513. The maximum atomic E-state index is 11.5. The minimum Gasteiger partial charge on any atom is -0.394 e. The topological polar surface area (TPSA) is 105 Å². The van der Waals surface area contributed by atoms with Crippen LogP contribution in [0.2, 0.25) is 0 Å². The van der Waals surface area contributed by atoms with Crippen LogP contribution in [-0.4, -0.2) is 44.0 Å². The number of nitrogens with one attached hydrogen (secondary N) is 1. The van der Waals surface area contributed by atoms with Crippen molar-refractivity contribution in [2.45, 2.75) is 23.8 Å². The third-order valence-corrected chi connectivity index (χ3v) is 3.07. The molecule has 94 valence electrons. The summed E-state index contributed by atoms with van der Waals surface area (Å²) in [5.74, 6) is 0. The van der Waals surface area contributed by atoms with E-state index in [0.29, 0.717) is 0 Å². The van der Waals surface area contributed by atoms with Crippen molar-refractivity contribution in [3.63, 3.8) is 0 Å². The average molecular weight is 263 g/mol. The van der Waals surface area contributed by atoms with Crippen molar-refractivity contribution in [1.82, 2.24) is 9.55 Å². The van der Waals surface area contributed by atoms with Gasteiger partial charge in [0.25, 0.3) is 5.56 Å². The highest BCUT2D eigenvalue weighted by Crippen LogP contribution is 2.31. The van der Waals surface area contributed by atoms with Crippen LogP contribution in [0.25, 0.3) is 0 Å². The minimum absolute atomic E-state index is 0.404. The van der Waals surface area contributed by atoms with E-state index in [1.807, 2.05) is 0 Å². The van der Waals surface area contributed by atoms with Gasteiger partial charge in [0.2, 0.25) is 0 Å². The van der Waals surface area contributed by atoms with E-state index in [1.54, 1.807) is 0 Å². The van der Waals surface area contributed by atoms with Crippen LogP contribution in [0.1, 0.15) is 6.23 Å². The number of aromatic nitrogens is 2. The Kier molecular flexibility index (Phi) is 3.34. The molecule has 1 saturated heterocycles. The number of alkyl halides is 1. The molecule has 0 aliphatic carbocycles. The first-order valence-electron chi connectivity index (χ1n) is 4.94. The molecule has 2 rings (SSSR count). The van der Waals surface area contributed by atoms with Gasteiger partial charge in [-0.3, -0.25) is 14.3 Å². The Labute approximate surface area is 100 Å². The zero-order valence-corrected chi connectivity index (χ0v) is 9.37. The van der Waals surface area contributed by atoms with E-state index in [2.05, 4.69) is 4.98 Å². The molecule has 0 spiro atoms. The van der Waals surface area contributed by atoms with Crippen molar-refractivity contribution in [3.8, 4) is 0 Å². The molecule has 2 heterocycles. The van der Waals surface area contributed by atoms with Crippen molar-refractivity contribution in [1.29, 1.82) is 0 Å². The smallest absolute Gasteiger partial charge is 0.330 e. The van der Waals surface area contributed by atoms with E-state index < -0.39 is 41.7 Å². The Balaban J connectivity index is 2.35. The molecule has 17 heavy (non-hydrogen) atoms. The first kappa shape index (κ1) is 12.3. The molecule has 3 N–H and O–H groups in total. The number of halogens is 1. The van der Waals surface area contributed by atoms with Crippen LogP contribution < -0.4 is 11.2 Å². The molecule has 4 atom stereocenters. The molecule has 1 aromatic rings. The summed E-state index contributed by atoms with van der Waals surface area (Å²) in [5, 5.41) is 17.7. The molecular weight excluding hydrogens is 252 g/mol. The number of nitrogens with zero attached hydrogens (tertiary/aromatic N) is 1. The highest BCUT2D eigenvalue weighted by atomic mass is 35.5. The van der Waals surface area contributed by atoms with Crippen LogP contribution in [0.15, 0.2) is 21.9 Å². The molecule has 0 bridgehead atoms. The summed E-state index contributed by atoms with van der Waals surface area (Å²) in [6.07, 6.45) is -1.62. The van der Waals surface area contributed by atoms with Crippen LogP contribution in [0.3, 0.4) is 0 Å². The zero-order chi connectivity index (χ0) is 12.6. The van der Waals surface area contributed by atoms with Crippen LogP contribution >= 0.6 is 11.6 Å². The molecular formula is C9H11ClN2O5. The van der Waals surface area contributed by atoms with E-state index in [-0.39, 0.29) is 0 Å². The van der Waals surface area contributed by atoms with Gasteiger partial charge in [0.1, 0.15) is 17.6 Å². The van der Waals surface area contributed by atoms with Gasteiger partial charge in [0.15, 0.2) is 6.23 Å². The molecule has 0 unspecified atom stereocenters. The highest BCUT2D eigenvalue weighted by Gasteiger charge is 2.43. The zero-order valence-electron chi connectivity index (χ0n) is 8.62. The Morgan fingerprint density at radius 3 is 2.76 bits per heavy atom. The van der Waals surface area contributed by atoms with Gasteiger partial charge in [-0.05, 0) is 0 Å². The van der Waals surface area contributed by atoms with Gasteiger partial charge in [-0.25, -0.2) is 4.79 Å². The lowest BCUT2D eigenvalue weighted by Crippen LogP contribution is -2.35. The third kappa shape index (κ3) is 2.14. The highest BCUT2D eigenvalue weighted by molar-refractivity contribution is 6.21. The van der Waals surface area contributed by atoms with Crippen molar-refractivity contribution < 1.29 is 14.9 Å². The molecule has 0 radical (unpaired) electrons. The molecule has 0 amide bonds. The number of rotatable bonds is 2. The fourth-order valence-corrected chi connectivity index (χ4v) is 2.05. The predicted molar refractivity (Wildman–Crippen MR) is 58.0 cm³/mol. The first-order chi connectivity index (χ1) is 8.04. The van der Waals surface area contributed by atoms with E-state index >= 15 is 0 Å². The van der Waals surface area contributed by atoms with Gasteiger partial charge >= 0.3 is 5.69 Å². The van der Waals surface area contributed by atoms with Gasteiger partial charge in [-0.2, -0.15) is 0 Å². The number of H-pyrrole nitrogens is 1. The van der Waals surface area contributed by atoms with Crippen molar-refractivity contribution in [2.75, 3.05) is 6.61 Å². The van der Waals surface area contributed by atoms with Crippen molar-refractivity contribution >= 4 is 11.6 Å². The van der Waals surface area contributed by atoms with E-state index in [9.17, 15) is 14.7 Å². The monoisotopic (exact) mass is 262 g/mol. The molecule has 0 saturated carbocycles. The SMILES string of the molecule is O=c1ccn([C@H]2O[C@@H](CO)[C@H](O)[C@@H]2Cl)c(=O)[nH]1. The number of aromatic amines is 1. The normalized spacial score (nSPS) is 32.9. The van der Waals surface area contributed by atoms with Gasteiger partial charge in [0.05, 0.1) is 6.61 Å². The second kappa shape index (κ2) is 4.61. The summed E-state index contributed by atoms with van der Waals surface area (Å²) in [7, 11) is 0. The first-order valence-corrected chi connectivity index (χ1v) is 5.38. The van der Waals surface area contributed by atoms with E-state index in [0.717, 1.165) is 10.6 Å². The number of aliphatic hydroxyl groups excluding tert-OH is 2. The molecule has 1 fully saturated rings. The fourth-order valence-electron chi connectivity index (χ4n) is 1.71. The number of hydrogen-bond acceptors (Lipinski definition) is 5. The quantitative estimate of drug-likeness (QED) is 0.557. The van der Waals surface area contributed by atoms with Crippen LogP contribution in [0.5, 0.6) is 0 Å². The van der Waals surface area contributed by atoms with Gasteiger partial charge in [-0.15, -0.1) is 11.6 Å². The molecule has 1 aromatic heterocycles. The van der Waals surface area contributed by atoms with E-state index in [4.69, 9.17) is 21.4 Å². The second-order valence-corrected chi connectivity index (χ2v) is 4.20. The number of ether oxygens (including phenoxy) is 1. The summed E-state index contributed by atoms with van der Waals surface area (Å²) in [6, 6.07) is 1.15. The summed E-state index contributed by atoms with van der Waals surface area (Å²) >= 11 is 5.91. The second-order valence-electron chi connectivity index (χ2n) is 3.70. The molecule has 7 nitrogen and oxygen atoms in total. The van der Waals surface area contributed by atoms with Gasteiger partial charge in [-0.1, -0.05) is 0 Å². The maximum Gasteiger partial charge on any atom is 0.330 e. The van der Waals surface area contributed by atoms with Gasteiger partial charge < -0.3 is 14.9 Å². The number of aliphatic hydroxyl groups is 2. The summed E-state index contributed by atoms with van der Waals surface area (Å²) < 4.78 is 6.32. The fraction of sp³-hybridized carbons (Fsp3) is 0.556. The van der Waals surface area contributed by atoms with Crippen LogP contribution in [0, 0.1) is 0 Å². The third-order valence-electron chi connectivity index (χ3n) is 2.60. The lowest BCUT2D eigenvalue weighted by molar-refractivity contribution is -0.0457. The summed E-state index contributed by atoms with van der Waals surface area (Å²) in [5.41, 5.74) is -1.21. The Hall–Kier alpha value is -1.15. The van der Waals surface area contributed by atoms with Gasteiger partial charge in [0, 0.05) is 12.3 Å². The van der Waals surface area contributed by atoms with E-state index in [1.165, 1.54) is 6.20 Å². The van der Waals surface area contributed by atoms with Crippen molar-refractivity contribution in [3.05, 3.63) is 33.1 Å². The van der Waals surface area contributed by atoms with Crippen LogP contribution in [0.4, 0.5) is 0 Å². The lowest BCUT2D eigenvalue weighted by Gasteiger charge is -2.15. The maximum absolute atomic E-state index is 11.5. The minimum atomic E-state index is -1.08. The largest absolute Gasteiger partial charge is 0.394 e. The Morgan fingerprint density at radius 2 is 2.24 bits per heavy atom. The van der Waals surface area contributed by atoms with Crippen molar-refractivity contribution in [2.24, 2.45) is 0 Å². The summed E-state index contributed by atoms with van der Waals surface area (Å²) in [6.45, 7) is -0.404. The average Bonchev–Trinajstić information content (AvgIpc) is 2.57. The predicted octanol–water partition coefficient (Wildman–Crippen LogP) is -1.61. The number of hydrogen-bond donors (Lipinski definition) is 3. The summed E-state index contributed by atoms with van der Waals surface area (Å²) in [4.78, 5) is 24.4.